The second-order valence-electron chi connectivity index (χ2n) is 5.28. The minimum atomic E-state index is -0.489. The number of carbonyl (C=O) groups excluding carboxylic acids is 1. The highest BCUT2D eigenvalue weighted by Crippen LogP contribution is 2.36. The van der Waals surface area contributed by atoms with Gasteiger partial charge in [0, 0.05) is 8.96 Å². The summed E-state index contributed by atoms with van der Waals surface area (Å²) in [6.45, 7) is 0. The average Bonchev–Trinajstić information content (AvgIpc) is 3.25. The molecular weight excluding hydrogens is 456 g/mol. The number of nitrogens with zero attached hydrogens (tertiary/aromatic N) is 2. The van der Waals surface area contributed by atoms with Crippen molar-refractivity contribution in [3.05, 3.63) is 57.1 Å². The number of halogens is 2. The number of benzene rings is 1. The number of ether oxygens (including phenoxy) is 1. The number of fused-ring (bicyclic) bond motifs is 3. The standard InChI is InChI=1S/C17H11FIN3O2S/c1-24-17(23)14-15-10(4-5-25-15)13-7-20-8-22(13)16(14)21-12-3-2-9(19)6-11(12)18/h2-8,21H,1H3. The van der Waals surface area contributed by atoms with Gasteiger partial charge < -0.3 is 10.1 Å². The molecule has 8 heteroatoms. The van der Waals surface area contributed by atoms with E-state index in [-0.39, 0.29) is 5.69 Å². The molecule has 1 N–H and O–H groups in total. The third kappa shape index (κ3) is 2.65. The second kappa shape index (κ2) is 6.26. The molecule has 0 unspecified atom stereocenters. The fourth-order valence-corrected chi connectivity index (χ4v) is 4.13. The summed E-state index contributed by atoms with van der Waals surface area (Å²) < 4.78 is 22.6. The number of rotatable bonds is 3. The first-order valence-electron chi connectivity index (χ1n) is 7.25. The molecule has 0 saturated carbocycles. The summed E-state index contributed by atoms with van der Waals surface area (Å²) in [6, 6.07) is 6.78. The topological polar surface area (TPSA) is 55.6 Å². The van der Waals surface area contributed by atoms with Gasteiger partial charge in [-0.05, 0) is 52.2 Å². The Balaban J connectivity index is 2.02. The highest BCUT2D eigenvalue weighted by Gasteiger charge is 2.23. The van der Waals surface area contributed by atoms with Crippen LogP contribution in [0.15, 0.2) is 42.2 Å². The van der Waals surface area contributed by atoms with E-state index in [4.69, 9.17) is 4.74 Å². The van der Waals surface area contributed by atoms with Crippen molar-refractivity contribution in [3.63, 3.8) is 0 Å². The Morgan fingerprint density at radius 1 is 1.40 bits per heavy atom. The summed E-state index contributed by atoms with van der Waals surface area (Å²) in [4.78, 5) is 16.6. The Labute approximate surface area is 159 Å². The molecule has 0 spiro atoms. The molecule has 5 nitrogen and oxygen atoms in total. The van der Waals surface area contributed by atoms with Crippen molar-refractivity contribution in [1.29, 1.82) is 0 Å². The highest BCUT2D eigenvalue weighted by molar-refractivity contribution is 14.1. The predicted octanol–water partition coefficient (Wildman–Crippen LogP) is 4.82. The van der Waals surface area contributed by atoms with Gasteiger partial charge in [-0.25, -0.2) is 14.2 Å². The third-order valence-electron chi connectivity index (χ3n) is 3.86. The fourth-order valence-electron chi connectivity index (χ4n) is 2.74. The first-order chi connectivity index (χ1) is 12.1. The molecule has 126 valence electrons. The van der Waals surface area contributed by atoms with E-state index in [0.717, 1.165) is 19.2 Å². The molecule has 0 saturated heterocycles. The van der Waals surface area contributed by atoms with Gasteiger partial charge in [0.2, 0.25) is 0 Å². The molecule has 0 radical (unpaired) electrons. The van der Waals surface area contributed by atoms with Crippen molar-refractivity contribution < 1.29 is 13.9 Å². The number of pyridine rings is 1. The van der Waals surface area contributed by atoms with Crippen LogP contribution in [0.25, 0.3) is 15.6 Å². The monoisotopic (exact) mass is 467 g/mol. The fraction of sp³-hybridized carbons (Fsp3) is 0.0588. The lowest BCUT2D eigenvalue weighted by molar-refractivity contribution is 0.0604. The van der Waals surface area contributed by atoms with Crippen LogP contribution >= 0.6 is 33.9 Å². The van der Waals surface area contributed by atoms with Crippen LogP contribution in [0.4, 0.5) is 15.9 Å². The highest BCUT2D eigenvalue weighted by atomic mass is 127. The van der Waals surface area contributed by atoms with Crippen molar-refractivity contribution in [2.24, 2.45) is 0 Å². The van der Waals surface area contributed by atoms with Gasteiger partial charge in [-0.1, -0.05) is 0 Å². The summed E-state index contributed by atoms with van der Waals surface area (Å²) in [5.74, 6) is -0.465. The number of hydrogen-bond donors (Lipinski definition) is 1. The number of aromatic nitrogens is 2. The van der Waals surface area contributed by atoms with Gasteiger partial charge in [-0.3, -0.25) is 4.40 Å². The summed E-state index contributed by atoms with van der Waals surface area (Å²) in [6.07, 6.45) is 3.30. The van der Waals surface area contributed by atoms with Gasteiger partial charge >= 0.3 is 5.97 Å². The Kier molecular flexibility index (Phi) is 4.08. The molecule has 0 atom stereocenters. The maximum absolute atomic E-state index is 14.3. The van der Waals surface area contributed by atoms with Crippen LogP contribution in [-0.2, 0) is 4.74 Å². The normalized spacial score (nSPS) is 11.2. The lowest BCUT2D eigenvalue weighted by atomic mass is 10.1. The van der Waals surface area contributed by atoms with E-state index in [1.165, 1.54) is 24.5 Å². The van der Waals surface area contributed by atoms with E-state index in [1.807, 2.05) is 34.0 Å². The van der Waals surface area contributed by atoms with Gasteiger partial charge in [-0.15, -0.1) is 11.3 Å². The zero-order valence-corrected chi connectivity index (χ0v) is 15.9. The molecule has 1 aromatic carbocycles. The van der Waals surface area contributed by atoms with E-state index < -0.39 is 11.8 Å². The molecule has 0 fully saturated rings. The van der Waals surface area contributed by atoms with Crippen LogP contribution in [0, 0.1) is 9.39 Å². The maximum atomic E-state index is 14.3. The zero-order chi connectivity index (χ0) is 17.6. The summed E-state index contributed by atoms with van der Waals surface area (Å²) in [5.41, 5.74) is 1.46. The van der Waals surface area contributed by atoms with Gasteiger partial charge in [-0.2, -0.15) is 0 Å². The van der Waals surface area contributed by atoms with Crippen LogP contribution in [0.5, 0.6) is 0 Å². The van der Waals surface area contributed by atoms with Gasteiger partial charge in [0.05, 0.1) is 29.2 Å². The van der Waals surface area contributed by atoms with Crippen LogP contribution in [-0.4, -0.2) is 22.5 Å². The van der Waals surface area contributed by atoms with E-state index in [1.54, 1.807) is 29.1 Å². The Morgan fingerprint density at radius 3 is 3.00 bits per heavy atom. The quantitative estimate of drug-likeness (QED) is 0.347. The molecule has 0 aliphatic carbocycles. The molecule has 0 amide bonds. The minimum absolute atomic E-state index is 0.275. The smallest absolute Gasteiger partial charge is 0.343 e. The molecule has 0 bridgehead atoms. The van der Waals surface area contributed by atoms with Gasteiger partial charge in [0.15, 0.2) is 0 Å². The third-order valence-corrected chi connectivity index (χ3v) is 5.46. The lowest BCUT2D eigenvalue weighted by Crippen LogP contribution is -2.10. The van der Waals surface area contributed by atoms with E-state index in [9.17, 15) is 9.18 Å². The van der Waals surface area contributed by atoms with Crippen molar-refractivity contribution in [2.75, 3.05) is 12.4 Å². The SMILES string of the molecule is COC(=O)c1c(Nc2ccc(I)cc2F)n2cncc2c2ccsc12. The van der Waals surface area contributed by atoms with Crippen LogP contribution in [0.3, 0.4) is 0 Å². The van der Waals surface area contributed by atoms with Crippen molar-refractivity contribution in [1.82, 2.24) is 9.38 Å². The number of hydrogen-bond acceptors (Lipinski definition) is 5. The number of esters is 1. The minimum Gasteiger partial charge on any atom is -0.465 e. The van der Waals surface area contributed by atoms with Gasteiger partial charge in [0.1, 0.15) is 23.5 Å². The largest absolute Gasteiger partial charge is 0.465 e. The van der Waals surface area contributed by atoms with E-state index in [0.29, 0.717) is 11.4 Å². The number of anilines is 2. The van der Waals surface area contributed by atoms with Crippen molar-refractivity contribution >= 4 is 67.0 Å². The number of nitrogens with one attached hydrogen (secondary N) is 1. The Bertz CT molecular complexity index is 1120. The molecule has 0 aliphatic heterocycles. The zero-order valence-electron chi connectivity index (χ0n) is 12.9. The number of thiophene rings is 1. The predicted molar refractivity (Wildman–Crippen MR) is 104 cm³/mol. The number of carbonyl (C=O) groups is 1. The lowest BCUT2D eigenvalue weighted by Gasteiger charge is -2.15. The van der Waals surface area contributed by atoms with Gasteiger partial charge in [0.25, 0.3) is 0 Å². The molecular formula is C17H11FIN3O2S. The number of imidazole rings is 1. The Hall–Kier alpha value is -2.20. The van der Waals surface area contributed by atoms with Crippen LogP contribution < -0.4 is 5.32 Å². The van der Waals surface area contributed by atoms with Crippen LogP contribution in [0.1, 0.15) is 10.4 Å². The second-order valence-corrected chi connectivity index (χ2v) is 7.44. The molecule has 0 aliphatic rings. The van der Waals surface area contributed by atoms with Crippen LogP contribution in [0.2, 0.25) is 0 Å². The summed E-state index contributed by atoms with van der Waals surface area (Å²) in [5, 5.41) is 5.85. The molecule has 3 heterocycles. The van der Waals surface area contributed by atoms with Crippen molar-refractivity contribution in [2.45, 2.75) is 0 Å². The summed E-state index contributed by atoms with van der Waals surface area (Å²) in [7, 11) is 1.33. The summed E-state index contributed by atoms with van der Waals surface area (Å²) >= 11 is 3.48. The molecule has 4 rings (SSSR count). The molecule has 25 heavy (non-hydrogen) atoms. The van der Waals surface area contributed by atoms with E-state index >= 15 is 0 Å². The van der Waals surface area contributed by atoms with Crippen molar-refractivity contribution in [3.8, 4) is 0 Å². The van der Waals surface area contributed by atoms with E-state index in [2.05, 4.69) is 10.3 Å². The molecule has 3 aromatic heterocycles. The number of methoxy groups -OCH3 is 1. The molecule has 4 aromatic rings. The Morgan fingerprint density at radius 2 is 2.24 bits per heavy atom. The average molecular weight is 467 g/mol. The first kappa shape index (κ1) is 16.3. The maximum Gasteiger partial charge on any atom is 0.343 e. The first-order valence-corrected chi connectivity index (χ1v) is 9.21.